The Kier molecular flexibility index (Phi) is 5.20. The maximum atomic E-state index is 12.2. The summed E-state index contributed by atoms with van der Waals surface area (Å²) in [5.74, 6) is 0.966. The molecule has 0 atom stereocenters. The molecule has 0 spiro atoms. The van der Waals surface area contributed by atoms with Gasteiger partial charge in [0.25, 0.3) is 0 Å². The van der Waals surface area contributed by atoms with E-state index in [4.69, 9.17) is 4.74 Å². The van der Waals surface area contributed by atoms with E-state index in [-0.39, 0.29) is 11.9 Å². The van der Waals surface area contributed by atoms with Gasteiger partial charge in [-0.05, 0) is 57.0 Å². The molecule has 1 fully saturated rings. The smallest absolute Gasteiger partial charge is 0.235 e. The second-order valence-electron chi connectivity index (χ2n) is 7.71. The van der Waals surface area contributed by atoms with E-state index in [9.17, 15) is 13.7 Å². The average Bonchev–Trinajstić information content (AvgIpc) is 3.23. The standard InChI is InChI=1S/C23H25N3O3S/c1-4-25-22-14-19(29-16(2)3)10-11-20(22)21(15-24)23(25)17-6-8-18(9-7-17)26-12-5-13-30(26,27)28/h6-11,14,16H,4-5,12-13H2,1-3H3. The van der Waals surface area contributed by atoms with Gasteiger partial charge >= 0.3 is 0 Å². The lowest BCUT2D eigenvalue weighted by atomic mass is 10.1. The SMILES string of the molecule is CCn1c(-c2ccc(N3CCCS3(=O)=O)cc2)c(C#N)c2ccc(OC(C)C)cc21. The van der Waals surface area contributed by atoms with Crippen molar-refractivity contribution >= 4 is 26.6 Å². The number of anilines is 1. The molecular weight excluding hydrogens is 398 g/mol. The van der Waals surface area contributed by atoms with Gasteiger partial charge in [-0.3, -0.25) is 4.31 Å². The Morgan fingerprint density at radius 2 is 1.90 bits per heavy atom. The summed E-state index contributed by atoms with van der Waals surface area (Å²) in [6.07, 6.45) is 0.713. The lowest BCUT2D eigenvalue weighted by Gasteiger charge is -2.17. The Balaban J connectivity index is 1.83. The molecule has 2 heterocycles. The van der Waals surface area contributed by atoms with E-state index in [1.807, 2.05) is 63.2 Å². The summed E-state index contributed by atoms with van der Waals surface area (Å²) in [5.41, 5.74) is 3.96. The predicted molar refractivity (Wildman–Crippen MR) is 119 cm³/mol. The molecule has 0 amide bonds. The summed E-state index contributed by atoms with van der Waals surface area (Å²) in [4.78, 5) is 0. The highest BCUT2D eigenvalue weighted by Gasteiger charge is 2.28. The number of benzene rings is 2. The first-order chi connectivity index (χ1) is 14.4. The molecule has 3 aromatic rings. The average molecular weight is 424 g/mol. The van der Waals surface area contributed by atoms with Crippen molar-refractivity contribution in [1.82, 2.24) is 4.57 Å². The van der Waals surface area contributed by atoms with E-state index in [0.717, 1.165) is 27.9 Å². The number of sulfonamides is 1. The maximum absolute atomic E-state index is 12.2. The van der Waals surface area contributed by atoms with Crippen molar-refractivity contribution in [3.63, 3.8) is 0 Å². The molecule has 6 nitrogen and oxygen atoms in total. The van der Waals surface area contributed by atoms with E-state index < -0.39 is 10.0 Å². The topological polar surface area (TPSA) is 75.3 Å². The molecule has 1 aromatic heterocycles. The number of aromatic nitrogens is 1. The van der Waals surface area contributed by atoms with Gasteiger partial charge in [0.1, 0.15) is 11.8 Å². The molecular formula is C23H25N3O3S. The first-order valence-electron chi connectivity index (χ1n) is 10.2. The van der Waals surface area contributed by atoms with Gasteiger partial charge in [0.15, 0.2) is 0 Å². The van der Waals surface area contributed by atoms with Crippen LogP contribution in [0.2, 0.25) is 0 Å². The van der Waals surface area contributed by atoms with Crippen LogP contribution in [0.4, 0.5) is 5.69 Å². The van der Waals surface area contributed by atoms with Gasteiger partial charge in [-0.2, -0.15) is 5.26 Å². The molecule has 30 heavy (non-hydrogen) atoms. The Morgan fingerprint density at radius 3 is 2.47 bits per heavy atom. The molecule has 7 heteroatoms. The highest BCUT2D eigenvalue weighted by atomic mass is 32.2. The summed E-state index contributed by atoms with van der Waals surface area (Å²) < 4.78 is 33.8. The normalized spacial score (nSPS) is 15.6. The fraction of sp³-hybridized carbons (Fsp3) is 0.348. The molecule has 1 saturated heterocycles. The van der Waals surface area contributed by atoms with Gasteiger partial charge in [-0.25, -0.2) is 8.42 Å². The number of hydrogen-bond acceptors (Lipinski definition) is 4. The largest absolute Gasteiger partial charge is 0.491 e. The van der Waals surface area contributed by atoms with Crippen LogP contribution in [0.3, 0.4) is 0 Å². The second-order valence-corrected chi connectivity index (χ2v) is 9.73. The molecule has 0 unspecified atom stereocenters. The third-order valence-corrected chi connectivity index (χ3v) is 7.23. The van der Waals surface area contributed by atoms with Crippen LogP contribution in [0.15, 0.2) is 42.5 Å². The van der Waals surface area contributed by atoms with E-state index in [2.05, 4.69) is 10.6 Å². The van der Waals surface area contributed by atoms with Crippen LogP contribution in [0.5, 0.6) is 5.75 Å². The summed E-state index contributed by atoms with van der Waals surface area (Å²) in [5, 5.41) is 10.8. The molecule has 2 aromatic carbocycles. The molecule has 0 N–H and O–H groups in total. The van der Waals surface area contributed by atoms with Crippen LogP contribution in [-0.4, -0.2) is 31.4 Å². The van der Waals surface area contributed by atoms with Gasteiger partial charge in [-0.15, -0.1) is 0 Å². The highest BCUT2D eigenvalue weighted by Crippen LogP contribution is 2.36. The molecule has 1 aliphatic heterocycles. The zero-order chi connectivity index (χ0) is 21.5. The molecule has 156 valence electrons. The van der Waals surface area contributed by atoms with E-state index >= 15 is 0 Å². The maximum Gasteiger partial charge on any atom is 0.235 e. The number of nitriles is 1. The first kappa shape index (κ1) is 20.3. The highest BCUT2D eigenvalue weighted by molar-refractivity contribution is 7.93. The number of hydrogen-bond donors (Lipinski definition) is 0. The lowest BCUT2D eigenvalue weighted by Crippen LogP contribution is -2.24. The third-order valence-electron chi connectivity index (χ3n) is 5.36. The summed E-state index contributed by atoms with van der Waals surface area (Å²) in [6, 6.07) is 15.6. The summed E-state index contributed by atoms with van der Waals surface area (Å²) in [7, 11) is -3.22. The van der Waals surface area contributed by atoms with Crippen LogP contribution in [0.25, 0.3) is 22.2 Å². The minimum absolute atomic E-state index is 0.0665. The summed E-state index contributed by atoms with van der Waals surface area (Å²) >= 11 is 0. The molecule has 0 radical (unpaired) electrons. The summed E-state index contributed by atoms with van der Waals surface area (Å²) in [6.45, 7) is 7.22. The van der Waals surface area contributed by atoms with E-state index in [0.29, 0.717) is 30.8 Å². The number of aryl methyl sites for hydroxylation is 1. The van der Waals surface area contributed by atoms with Crippen molar-refractivity contribution in [3.05, 3.63) is 48.0 Å². The van der Waals surface area contributed by atoms with Gasteiger partial charge in [0, 0.05) is 24.5 Å². The van der Waals surface area contributed by atoms with Crippen molar-refractivity contribution < 1.29 is 13.2 Å². The van der Waals surface area contributed by atoms with Crippen LogP contribution in [0, 0.1) is 11.3 Å². The zero-order valence-electron chi connectivity index (χ0n) is 17.4. The van der Waals surface area contributed by atoms with E-state index in [1.54, 1.807) is 0 Å². The van der Waals surface area contributed by atoms with Crippen LogP contribution in [-0.2, 0) is 16.6 Å². The van der Waals surface area contributed by atoms with Crippen molar-refractivity contribution in [2.24, 2.45) is 0 Å². The molecule has 1 aliphatic rings. The van der Waals surface area contributed by atoms with Crippen molar-refractivity contribution in [3.8, 4) is 23.1 Å². The van der Waals surface area contributed by atoms with Gasteiger partial charge in [-0.1, -0.05) is 12.1 Å². The fourth-order valence-electron chi connectivity index (χ4n) is 4.13. The van der Waals surface area contributed by atoms with Crippen LogP contribution < -0.4 is 9.04 Å². The van der Waals surface area contributed by atoms with Gasteiger partial charge in [0.05, 0.1) is 34.3 Å². The molecule has 0 aliphatic carbocycles. The molecule has 4 rings (SSSR count). The minimum Gasteiger partial charge on any atom is -0.491 e. The van der Waals surface area contributed by atoms with Crippen LogP contribution in [0.1, 0.15) is 32.8 Å². The quantitative estimate of drug-likeness (QED) is 0.604. The Hall–Kier alpha value is -2.98. The Morgan fingerprint density at radius 1 is 1.17 bits per heavy atom. The second kappa shape index (κ2) is 7.69. The first-order valence-corrected chi connectivity index (χ1v) is 11.8. The van der Waals surface area contributed by atoms with Gasteiger partial charge in [0.2, 0.25) is 10.0 Å². The van der Waals surface area contributed by atoms with Gasteiger partial charge < -0.3 is 9.30 Å². The third kappa shape index (κ3) is 3.41. The van der Waals surface area contributed by atoms with Crippen molar-refractivity contribution in [2.45, 2.75) is 39.8 Å². The monoisotopic (exact) mass is 423 g/mol. The number of fused-ring (bicyclic) bond motifs is 1. The van der Waals surface area contributed by atoms with Crippen molar-refractivity contribution in [2.75, 3.05) is 16.6 Å². The number of ether oxygens (including phenoxy) is 1. The Bertz CT molecular complexity index is 1240. The number of nitrogens with zero attached hydrogens (tertiary/aromatic N) is 3. The predicted octanol–water partition coefficient (Wildman–Crippen LogP) is 4.53. The van der Waals surface area contributed by atoms with Crippen molar-refractivity contribution in [1.29, 1.82) is 5.26 Å². The fourth-order valence-corrected chi connectivity index (χ4v) is 5.70. The zero-order valence-corrected chi connectivity index (χ0v) is 18.2. The lowest BCUT2D eigenvalue weighted by molar-refractivity contribution is 0.242. The number of rotatable bonds is 5. The minimum atomic E-state index is -3.22. The molecule has 0 saturated carbocycles. The van der Waals surface area contributed by atoms with E-state index in [1.165, 1.54) is 4.31 Å². The van der Waals surface area contributed by atoms with Crippen LogP contribution >= 0.6 is 0 Å². The Labute approximate surface area is 177 Å². The molecule has 0 bridgehead atoms.